The fraction of sp³-hybridized carbons (Fsp3) is 0.458. The normalized spacial score (nSPS) is 20.8. The smallest absolute Gasteiger partial charge is 0.243 e. The van der Waals surface area contributed by atoms with Crippen molar-refractivity contribution < 1.29 is 56.7 Å². The number of hydrogen-bond acceptors (Lipinski definition) is 12. The van der Waals surface area contributed by atoms with Crippen LogP contribution in [0.2, 0.25) is 0 Å². The molecule has 1 aromatic heterocycles. The third kappa shape index (κ3) is 20.7. The molecule has 21 N–H and O–H groups in total. The molecular weight excluding hydrogens is 1010 g/mol. The van der Waals surface area contributed by atoms with Crippen molar-refractivity contribution in [2.24, 2.45) is 22.9 Å². The topological polar surface area (TPSA) is 459 Å². The minimum Gasteiger partial charge on any atom is -0.370 e. The molecule has 1 aliphatic heterocycles. The van der Waals surface area contributed by atoms with Crippen molar-refractivity contribution in [3.8, 4) is 0 Å². The summed E-state index contributed by atoms with van der Waals surface area (Å²) in [6.07, 6.45) is -1.21. The van der Waals surface area contributed by atoms with Gasteiger partial charge in [-0.1, -0.05) is 18.2 Å². The molecule has 418 valence electrons. The molecule has 29 heteroatoms. The summed E-state index contributed by atoms with van der Waals surface area (Å²) in [5.41, 5.74) is 23.1. The monoisotopic (exact) mass is 1080 g/mol. The molecule has 0 aliphatic carbocycles. The van der Waals surface area contributed by atoms with Crippen LogP contribution in [0.1, 0.15) is 75.8 Å². The highest BCUT2D eigenvalue weighted by Gasteiger charge is 2.35. The van der Waals surface area contributed by atoms with E-state index in [1.807, 2.05) is 0 Å². The van der Waals surface area contributed by atoms with E-state index in [0.717, 1.165) is 19.1 Å². The van der Waals surface area contributed by atoms with E-state index in [2.05, 4.69) is 58.2 Å². The van der Waals surface area contributed by atoms with Gasteiger partial charge in [0.25, 0.3) is 0 Å². The lowest BCUT2D eigenvalue weighted by molar-refractivity contribution is -0.136. The number of aromatic amines is 1. The quantitative estimate of drug-likeness (QED) is 0.0331. The highest BCUT2D eigenvalue weighted by Crippen LogP contribution is 2.20. The molecule has 0 radical (unpaired) electrons. The van der Waals surface area contributed by atoms with E-state index >= 15 is 0 Å². The Morgan fingerprint density at radius 2 is 1.31 bits per heavy atom. The maximum absolute atomic E-state index is 14.6. The van der Waals surface area contributed by atoms with Crippen molar-refractivity contribution in [2.45, 2.75) is 120 Å². The van der Waals surface area contributed by atoms with Crippen molar-refractivity contribution in [3.05, 3.63) is 71.4 Å². The average molecular weight is 1080 g/mol. The zero-order valence-electron chi connectivity index (χ0n) is 42.2. The number of carbonyl (C=O) groups is 10. The summed E-state index contributed by atoms with van der Waals surface area (Å²) in [5, 5.41) is 40.7. The number of aromatic nitrogens is 1. The van der Waals surface area contributed by atoms with E-state index in [-0.39, 0.29) is 88.9 Å². The first-order valence-corrected chi connectivity index (χ1v) is 24.6. The third-order valence-corrected chi connectivity index (χ3v) is 12.0. The van der Waals surface area contributed by atoms with Crippen molar-refractivity contribution in [1.29, 1.82) is 10.8 Å². The Bertz CT molecular complexity index is 2650. The van der Waals surface area contributed by atoms with Gasteiger partial charge in [-0.15, -0.1) is 0 Å². The fourth-order valence-corrected chi connectivity index (χ4v) is 8.24. The van der Waals surface area contributed by atoms with Gasteiger partial charge in [-0.25, -0.2) is 8.78 Å². The second kappa shape index (κ2) is 29.8. The SMILES string of the molecule is CC(=O)N[C@@H](CCCNC(=N)N)C(=O)N[C@H]1CCCNC(=O)CCC(C(N)=O)NC(=O)[C@H](Cc2c[nH]c3ccccc23)NC(=O)[C@H](CCCNC(=N)N)NC(=O)[C@@H](Cc2cc(F)cc(F)c2)NC(=O)[C@H](CC(N)=O)NC1=O. The molecule has 2 heterocycles. The van der Waals surface area contributed by atoms with Gasteiger partial charge in [0.05, 0.1) is 6.42 Å². The molecule has 10 amide bonds. The number of amides is 10. The maximum atomic E-state index is 14.6. The summed E-state index contributed by atoms with van der Waals surface area (Å²) in [6, 6.07) is -1.79. The zero-order valence-corrected chi connectivity index (χ0v) is 42.2. The van der Waals surface area contributed by atoms with Crippen LogP contribution < -0.4 is 76.1 Å². The van der Waals surface area contributed by atoms with Crippen LogP contribution in [0.5, 0.6) is 0 Å². The van der Waals surface area contributed by atoms with Gasteiger partial charge < -0.3 is 81.1 Å². The van der Waals surface area contributed by atoms with Crippen molar-refractivity contribution >= 4 is 81.9 Å². The van der Waals surface area contributed by atoms with Crippen molar-refractivity contribution in [1.82, 2.24) is 58.2 Å². The number of carbonyl (C=O) groups excluding carboxylic acids is 10. The van der Waals surface area contributed by atoms with Crippen LogP contribution in [0.3, 0.4) is 0 Å². The number of nitrogens with one attached hydrogen (secondary N) is 13. The summed E-state index contributed by atoms with van der Waals surface area (Å²) >= 11 is 0. The second-order valence-electron chi connectivity index (χ2n) is 18.2. The average Bonchev–Trinajstić information content (AvgIpc) is 3.75. The summed E-state index contributed by atoms with van der Waals surface area (Å²) in [7, 11) is 0. The number of H-pyrrole nitrogens is 1. The number of rotatable bonds is 18. The Balaban J connectivity index is 1.80. The number of benzene rings is 2. The Hall–Kier alpha value is -8.92. The van der Waals surface area contributed by atoms with Crippen molar-refractivity contribution in [3.63, 3.8) is 0 Å². The molecule has 1 unspecified atom stereocenters. The van der Waals surface area contributed by atoms with E-state index in [9.17, 15) is 56.7 Å². The molecule has 1 aliphatic rings. The van der Waals surface area contributed by atoms with E-state index in [4.69, 9.17) is 33.8 Å². The van der Waals surface area contributed by atoms with Gasteiger partial charge in [0.1, 0.15) is 53.9 Å². The Morgan fingerprint density at radius 3 is 1.95 bits per heavy atom. The Labute approximate surface area is 440 Å². The Kier molecular flexibility index (Phi) is 23.5. The predicted molar refractivity (Wildman–Crippen MR) is 274 cm³/mol. The molecule has 77 heavy (non-hydrogen) atoms. The van der Waals surface area contributed by atoms with Crippen LogP contribution >= 0.6 is 0 Å². The molecule has 4 rings (SSSR count). The minimum absolute atomic E-state index is 0.00666. The summed E-state index contributed by atoms with van der Waals surface area (Å²) in [4.78, 5) is 139. The Morgan fingerprint density at radius 1 is 0.727 bits per heavy atom. The number of halogens is 2. The van der Waals surface area contributed by atoms with E-state index in [0.29, 0.717) is 22.5 Å². The molecule has 7 atom stereocenters. The van der Waals surface area contributed by atoms with Gasteiger partial charge in [0, 0.05) is 69.0 Å². The first-order valence-electron chi connectivity index (χ1n) is 24.6. The molecule has 0 saturated carbocycles. The molecule has 3 aromatic rings. The maximum Gasteiger partial charge on any atom is 0.243 e. The van der Waals surface area contributed by atoms with Gasteiger partial charge in [-0.2, -0.15) is 0 Å². The van der Waals surface area contributed by atoms with Crippen LogP contribution in [0.15, 0.2) is 48.7 Å². The number of guanidine groups is 2. The van der Waals surface area contributed by atoms with Crippen LogP contribution in [-0.4, -0.2) is 138 Å². The number of fused-ring (bicyclic) bond motifs is 1. The van der Waals surface area contributed by atoms with Gasteiger partial charge in [0.15, 0.2) is 11.9 Å². The minimum atomic E-state index is -1.90. The second-order valence-corrected chi connectivity index (χ2v) is 18.2. The van der Waals surface area contributed by atoms with E-state index in [1.165, 1.54) is 0 Å². The molecule has 1 fully saturated rings. The first-order chi connectivity index (χ1) is 36.5. The summed E-state index contributed by atoms with van der Waals surface area (Å²) < 4.78 is 29.2. The predicted octanol–water partition coefficient (Wildman–Crippen LogP) is -3.78. The largest absolute Gasteiger partial charge is 0.370 e. The standard InChI is InChI=1S/C48H67F2N17O10/c1-24(68)61-32(9-5-15-58-47(53)54)41(72)63-33-10-4-14-57-39(70)13-12-31(40(52)71)62-45(76)36(20-26-23-60-30-8-3-2-7-29(26)30)66-42(73)34(11-6-16-59-48(55)56)64-44(75)35(19-25-17-27(49)21-28(50)18-25)65-46(77)37(22-38(51)69)67-43(33)74/h2-3,7-8,17-18,21,23,31-37,60H,4-6,9-16,19-20,22H2,1H3,(H2,51,69)(H2,52,71)(H,57,70)(H,61,68)(H,62,76)(H,63,72)(H,64,75)(H,65,77)(H,66,73)(H,67,74)(H4,53,54,58)(H4,55,56,59)/t31?,32-,33-,34-,35+,36-,37-/m0/s1. The number of nitrogens with two attached hydrogens (primary N) is 4. The fourth-order valence-electron chi connectivity index (χ4n) is 8.24. The highest BCUT2D eigenvalue weighted by atomic mass is 19.1. The lowest BCUT2D eigenvalue weighted by Gasteiger charge is -2.28. The number of hydrogen-bond donors (Lipinski definition) is 17. The number of para-hydroxylation sites is 1. The number of primary amides is 2. The lowest BCUT2D eigenvalue weighted by atomic mass is 10.0. The first kappa shape index (κ1) is 60.6. The molecule has 1 saturated heterocycles. The lowest BCUT2D eigenvalue weighted by Crippen LogP contribution is -2.61. The van der Waals surface area contributed by atoms with Gasteiger partial charge in [-0.05, 0) is 74.3 Å². The summed E-state index contributed by atoms with van der Waals surface area (Å²) in [5.74, 6) is -12.6. The van der Waals surface area contributed by atoms with E-state index in [1.54, 1.807) is 30.5 Å². The molecule has 2 aromatic carbocycles. The molecular formula is C48H67F2N17O10. The molecule has 27 nitrogen and oxygen atoms in total. The molecule has 0 bridgehead atoms. The van der Waals surface area contributed by atoms with Crippen LogP contribution in [0.4, 0.5) is 8.78 Å². The van der Waals surface area contributed by atoms with Crippen LogP contribution in [0, 0.1) is 22.5 Å². The zero-order chi connectivity index (χ0) is 56.8. The van der Waals surface area contributed by atoms with Crippen LogP contribution in [0.25, 0.3) is 10.9 Å². The van der Waals surface area contributed by atoms with E-state index < -0.39 is 132 Å². The summed E-state index contributed by atoms with van der Waals surface area (Å²) in [6.45, 7) is 1.12. The van der Waals surface area contributed by atoms with Crippen molar-refractivity contribution in [2.75, 3.05) is 19.6 Å². The third-order valence-electron chi connectivity index (χ3n) is 12.0. The van der Waals surface area contributed by atoms with Gasteiger partial charge in [-0.3, -0.25) is 58.8 Å². The van der Waals surface area contributed by atoms with Gasteiger partial charge >= 0.3 is 0 Å². The highest BCUT2D eigenvalue weighted by molar-refractivity contribution is 5.99. The van der Waals surface area contributed by atoms with Crippen LogP contribution in [-0.2, 0) is 60.8 Å². The molecule has 0 spiro atoms. The van der Waals surface area contributed by atoms with Gasteiger partial charge in [0.2, 0.25) is 59.1 Å².